The van der Waals surface area contributed by atoms with Crippen molar-refractivity contribution in [2.45, 2.75) is 18.4 Å². The molecule has 0 aliphatic rings. The lowest BCUT2D eigenvalue weighted by molar-refractivity contribution is 0.581. The second-order valence-corrected chi connectivity index (χ2v) is 7.46. The number of nitrogens with one attached hydrogen (secondary N) is 1. The number of halogens is 1. The van der Waals surface area contributed by atoms with E-state index in [4.69, 9.17) is 11.6 Å². The Kier molecular flexibility index (Phi) is 4.14. The first-order valence-electron chi connectivity index (χ1n) is 7.04. The van der Waals surface area contributed by atoms with Crippen molar-refractivity contribution in [2.75, 3.05) is 0 Å². The highest BCUT2D eigenvalue weighted by Crippen LogP contribution is 2.20. The molecule has 0 atom stereocenters. The maximum absolute atomic E-state index is 12.5. The number of imidazole rings is 1. The van der Waals surface area contributed by atoms with Gasteiger partial charge in [-0.2, -0.15) is 0 Å². The molecule has 1 N–H and O–H groups in total. The van der Waals surface area contributed by atoms with Crippen LogP contribution in [0.4, 0.5) is 0 Å². The molecular weight excluding hydrogens is 334 g/mol. The Balaban J connectivity index is 1.89. The van der Waals surface area contributed by atoms with Crippen LogP contribution in [0.5, 0.6) is 0 Å². The Hall–Kier alpha value is -1.89. The predicted octanol–water partition coefficient (Wildman–Crippen LogP) is 3.01. The number of sulfonamides is 1. The van der Waals surface area contributed by atoms with Crippen LogP contribution in [0.25, 0.3) is 11.0 Å². The summed E-state index contributed by atoms with van der Waals surface area (Å²) in [5, 5.41) is 0.533. The van der Waals surface area contributed by atoms with Crippen LogP contribution in [0.2, 0.25) is 5.02 Å². The normalized spacial score (nSPS) is 12.0. The third-order valence-corrected chi connectivity index (χ3v) is 5.56. The van der Waals surface area contributed by atoms with Crippen LogP contribution in [-0.2, 0) is 23.6 Å². The van der Waals surface area contributed by atoms with Gasteiger partial charge < -0.3 is 4.57 Å². The van der Waals surface area contributed by atoms with Gasteiger partial charge in [0.2, 0.25) is 10.0 Å². The van der Waals surface area contributed by atoms with Gasteiger partial charge in [0.25, 0.3) is 0 Å². The lowest BCUT2D eigenvalue weighted by atomic mass is 10.2. The minimum Gasteiger partial charge on any atom is -0.331 e. The second kappa shape index (κ2) is 5.96. The number of rotatable bonds is 4. The highest BCUT2D eigenvalue weighted by molar-refractivity contribution is 7.89. The van der Waals surface area contributed by atoms with Crippen LogP contribution in [0.3, 0.4) is 0 Å². The van der Waals surface area contributed by atoms with Crippen molar-refractivity contribution in [1.82, 2.24) is 14.3 Å². The third-order valence-electron chi connectivity index (χ3n) is 3.80. The molecule has 0 bridgehead atoms. The van der Waals surface area contributed by atoms with E-state index in [0.717, 1.165) is 16.9 Å². The SMILES string of the molecule is Cc1nc2cc(S(=O)(=O)NCc3ccccc3Cl)ccc2n1C. The molecule has 0 aliphatic heterocycles. The van der Waals surface area contributed by atoms with E-state index in [9.17, 15) is 8.42 Å². The molecule has 0 unspecified atom stereocenters. The summed E-state index contributed by atoms with van der Waals surface area (Å²) >= 11 is 6.05. The van der Waals surface area contributed by atoms with Crippen molar-refractivity contribution >= 4 is 32.7 Å². The number of nitrogens with zero attached hydrogens (tertiary/aromatic N) is 2. The molecule has 0 amide bonds. The van der Waals surface area contributed by atoms with Crippen LogP contribution in [0.15, 0.2) is 47.4 Å². The van der Waals surface area contributed by atoms with Gasteiger partial charge >= 0.3 is 0 Å². The largest absolute Gasteiger partial charge is 0.331 e. The van der Waals surface area contributed by atoms with Gasteiger partial charge in [-0.15, -0.1) is 0 Å². The number of fused-ring (bicyclic) bond motifs is 1. The van der Waals surface area contributed by atoms with E-state index in [2.05, 4.69) is 9.71 Å². The van der Waals surface area contributed by atoms with Crippen LogP contribution < -0.4 is 4.72 Å². The summed E-state index contributed by atoms with van der Waals surface area (Å²) in [6.07, 6.45) is 0. The van der Waals surface area contributed by atoms with Crippen LogP contribution in [-0.4, -0.2) is 18.0 Å². The van der Waals surface area contributed by atoms with Crippen LogP contribution >= 0.6 is 11.6 Å². The van der Waals surface area contributed by atoms with Crippen LogP contribution in [0.1, 0.15) is 11.4 Å². The van der Waals surface area contributed by atoms with Crippen molar-refractivity contribution in [3.8, 4) is 0 Å². The first-order chi connectivity index (χ1) is 10.9. The van der Waals surface area contributed by atoms with Gasteiger partial charge in [0, 0.05) is 18.6 Å². The number of hydrogen-bond donors (Lipinski definition) is 1. The standard InChI is InChI=1S/C16H16ClN3O2S/c1-11-19-15-9-13(7-8-16(15)20(11)2)23(21,22)18-10-12-5-3-4-6-14(12)17/h3-9,18H,10H2,1-2H3. The van der Waals surface area contributed by atoms with E-state index >= 15 is 0 Å². The van der Waals surface area contributed by atoms with Gasteiger partial charge in [-0.05, 0) is 36.8 Å². The molecule has 0 fully saturated rings. The van der Waals surface area contributed by atoms with Gasteiger partial charge in [0.15, 0.2) is 0 Å². The summed E-state index contributed by atoms with van der Waals surface area (Å²) in [5.74, 6) is 0.832. The summed E-state index contributed by atoms with van der Waals surface area (Å²) in [4.78, 5) is 4.56. The Morgan fingerprint density at radius 3 is 2.70 bits per heavy atom. The number of hydrogen-bond acceptors (Lipinski definition) is 3. The fraction of sp³-hybridized carbons (Fsp3) is 0.188. The highest BCUT2D eigenvalue weighted by Gasteiger charge is 2.16. The second-order valence-electron chi connectivity index (χ2n) is 5.28. The first kappa shape index (κ1) is 16.0. The molecule has 1 heterocycles. The quantitative estimate of drug-likeness (QED) is 0.787. The Morgan fingerprint density at radius 2 is 1.96 bits per heavy atom. The fourth-order valence-electron chi connectivity index (χ4n) is 2.37. The summed E-state index contributed by atoms with van der Waals surface area (Å²) in [7, 11) is -1.73. The molecule has 2 aromatic carbocycles. The van der Waals surface area contributed by atoms with Gasteiger partial charge in [-0.1, -0.05) is 29.8 Å². The molecule has 0 spiro atoms. The molecule has 3 rings (SSSR count). The monoisotopic (exact) mass is 349 g/mol. The predicted molar refractivity (Wildman–Crippen MR) is 90.9 cm³/mol. The van der Waals surface area contributed by atoms with Crippen molar-refractivity contribution in [3.63, 3.8) is 0 Å². The average molecular weight is 350 g/mol. The van der Waals surface area contributed by atoms with Crippen LogP contribution in [0, 0.1) is 6.92 Å². The summed E-state index contributed by atoms with van der Waals surface area (Å²) < 4.78 is 29.4. The van der Waals surface area contributed by atoms with E-state index in [-0.39, 0.29) is 11.4 Å². The van der Waals surface area contributed by atoms with E-state index in [1.165, 1.54) is 0 Å². The molecule has 0 saturated carbocycles. The minimum absolute atomic E-state index is 0.140. The zero-order valence-electron chi connectivity index (χ0n) is 12.7. The molecule has 3 aromatic rings. The van der Waals surface area contributed by atoms with Gasteiger partial charge in [0.05, 0.1) is 15.9 Å². The average Bonchev–Trinajstić information content (AvgIpc) is 2.81. The minimum atomic E-state index is -3.63. The summed E-state index contributed by atoms with van der Waals surface area (Å²) in [6, 6.07) is 12.1. The molecular formula is C16H16ClN3O2S. The van der Waals surface area contributed by atoms with Crippen molar-refractivity contribution in [3.05, 3.63) is 58.9 Å². The lowest BCUT2D eigenvalue weighted by Crippen LogP contribution is -2.23. The molecule has 120 valence electrons. The van der Waals surface area contributed by atoms with E-state index in [1.54, 1.807) is 36.4 Å². The smallest absolute Gasteiger partial charge is 0.240 e. The molecule has 0 aliphatic carbocycles. The van der Waals surface area contributed by atoms with Gasteiger partial charge in [-0.3, -0.25) is 0 Å². The van der Waals surface area contributed by atoms with Crippen molar-refractivity contribution in [1.29, 1.82) is 0 Å². The Labute approximate surface area is 140 Å². The topological polar surface area (TPSA) is 64.0 Å². The zero-order chi connectivity index (χ0) is 16.6. The van der Waals surface area contributed by atoms with Crippen molar-refractivity contribution < 1.29 is 8.42 Å². The summed E-state index contributed by atoms with van der Waals surface area (Å²) in [5.41, 5.74) is 2.28. The van der Waals surface area contributed by atoms with Crippen molar-refractivity contribution in [2.24, 2.45) is 7.05 Å². The first-order valence-corrected chi connectivity index (χ1v) is 8.91. The Morgan fingerprint density at radius 1 is 1.22 bits per heavy atom. The molecule has 0 radical (unpaired) electrons. The third kappa shape index (κ3) is 3.10. The molecule has 1 aromatic heterocycles. The Bertz CT molecular complexity index is 980. The fourth-order valence-corrected chi connectivity index (χ4v) is 3.59. The number of aryl methyl sites for hydroxylation is 2. The molecule has 23 heavy (non-hydrogen) atoms. The zero-order valence-corrected chi connectivity index (χ0v) is 14.3. The van der Waals surface area contributed by atoms with E-state index in [0.29, 0.717) is 10.5 Å². The number of benzene rings is 2. The van der Waals surface area contributed by atoms with Gasteiger partial charge in [-0.25, -0.2) is 18.1 Å². The van der Waals surface area contributed by atoms with E-state index in [1.807, 2.05) is 24.6 Å². The molecule has 7 heteroatoms. The summed E-state index contributed by atoms with van der Waals surface area (Å²) in [6.45, 7) is 2.02. The maximum Gasteiger partial charge on any atom is 0.240 e. The highest BCUT2D eigenvalue weighted by atomic mass is 35.5. The molecule has 5 nitrogen and oxygen atoms in total. The maximum atomic E-state index is 12.5. The van der Waals surface area contributed by atoms with E-state index < -0.39 is 10.0 Å². The molecule has 0 saturated heterocycles. The van der Waals surface area contributed by atoms with Gasteiger partial charge in [0.1, 0.15) is 5.82 Å². The lowest BCUT2D eigenvalue weighted by Gasteiger charge is -2.08. The number of aromatic nitrogens is 2.